The van der Waals surface area contributed by atoms with E-state index < -0.39 is 0 Å². The van der Waals surface area contributed by atoms with Crippen LogP contribution in [0, 0.1) is 0 Å². The number of piperidine rings is 1. The molecule has 0 aromatic heterocycles. The number of hydrogen-bond acceptors (Lipinski definition) is 3. The van der Waals surface area contributed by atoms with Crippen molar-refractivity contribution < 1.29 is 9.47 Å². The van der Waals surface area contributed by atoms with Gasteiger partial charge in [-0.3, -0.25) is 0 Å². The Hall–Kier alpha value is -0.900. The summed E-state index contributed by atoms with van der Waals surface area (Å²) in [5.41, 5.74) is 1.29. The van der Waals surface area contributed by atoms with E-state index in [2.05, 4.69) is 36.1 Å². The van der Waals surface area contributed by atoms with Crippen LogP contribution >= 0.6 is 0 Å². The van der Waals surface area contributed by atoms with Crippen molar-refractivity contribution in [2.75, 3.05) is 26.2 Å². The molecule has 3 heteroatoms. The van der Waals surface area contributed by atoms with Gasteiger partial charge < -0.3 is 14.4 Å². The SMILES string of the molecule is C[C@H](c1ccccc1)[C@H]1OC[C@@H](CN2CCCCC2)O1. The molecule has 3 nitrogen and oxygen atoms in total. The second kappa shape index (κ2) is 6.70. The number of hydrogen-bond donors (Lipinski definition) is 0. The van der Waals surface area contributed by atoms with Crippen LogP contribution in [0.1, 0.15) is 37.7 Å². The summed E-state index contributed by atoms with van der Waals surface area (Å²) in [7, 11) is 0. The predicted octanol–water partition coefficient (Wildman–Crippen LogP) is 3.02. The van der Waals surface area contributed by atoms with Crippen molar-refractivity contribution >= 4 is 0 Å². The molecule has 3 rings (SSSR count). The van der Waals surface area contributed by atoms with Gasteiger partial charge >= 0.3 is 0 Å². The first-order valence-electron chi connectivity index (χ1n) is 7.87. The van der Waals surface area contributed by atoms with Gasteiger partial charge in [0, 0.05) is 12.5 Å². The Morgan fingerprint density at radius 1 is 1.15 bits per heavy atom. The first-order valence-corrected chi connectivity index (χ1v) is 7.87. The Balaban J connectivity index is 1.51. The summed E-state index contributed by atoms with van der Waals surface area (Å²) in [6.45, 7) is 6.39. The van der Waals surface area contributed by atoms with E-state index in [1.165, 1.54) is 37.9 Å². The van der Waals surface area contributed by atoms with Gasteiger partial charge in [-0.1, -0.05) is 43.7 Å². The highest BCUT2D eigenvalue weighted by Gasteiger charge is 2.32. The molecule has 20 heavy (non-hydrogen) atoms. The lowest BCUT2D eigenvalue weighted by Crippen LogP contribution is -2.37. The molecule has 110 valence electrons. The highest BCUT2D eigenvalue weighted by Crippen LogP contribution is 2.27. The van der Waals surface area contributed by atoms with Crippen LogP contribution in [0.15, 0.2) is 30.3 Å². The highest BCUT2D eigenvalue weighted by atomic mass is 16.7. The summed E-state index contributed by atoms with van der Waals surface area (Å²) in [6.07, 6.45) is 4.19. The summed E-state index contributed by atoms with van der Waals surface area (Å²) in [4.78, 5) is 2.52. The molecule has 0 spiro atoms. The third kappa shape index (κ3) is 3.40. The zero-order valence-electron chi connectivity index (χ0n) is 12.3. The Labute approximate surface area is 121 Å². The van der Waals surface area contributed by atoms with Gasteiger partial charge in [0.15, 0.2) is 6.29 Å². The highest BCUT2D eigenvalue weighted by molar-refractivity contribution is 5.19. The lowest BCUT2D eigenvalue weighted by molar-refractivity contribution is -0.0758. The van der Waals surface area contributed by atoms with Gasteiger partial charge in [-0.2, -0.15) is 0 Å². The molecular formula is C17H25NO2. The van der Waals surface area contributed by atoms with E-state index in [1.54, 1.807) is 0 Å². The molecule has 0 bridgehead atoms. The average Bonchev–Trinajstić information content (AvgIpc) is 2.97. The average molecular weight is 275 g/mol. The predicted molar refractivity (Wildman–Crippen MR) is 79.8 cm³/mol. The van der Waals surface area contributed by atoms with E-state index in [0.29, 0.717) is 5.92 Å². The number of ether oxygens (including phenoxy) is 2. The molecule has 0 unspecified atom stereocenters. The van der Waals surface area contributed by atoms with Crippen molar-refractivity contribution in [2.24, 2.45) is 0 Å². The summed E-state index contributed by atoms with van der Waals surface area (Å²) in [5.74, 6) is 0.294. The lowest BCUT2D eigenvalue weighted by Gasteiger charge is -2.28. The van der Waals surface area contributed by atoms with E-state index in [9.17, 15) is 0 Å². The Kier molecular flexibility index (Phi) is 4.71. The van der Waals surface area contributed by atoms with Crippen LogP contribution in [0.3, 0.4) is 0 Å². The van der Waals surface area contributed by atoms with Gasteiger partial charge in [0.05, 0.1) is 12.7 Å². The Bertz CT molecular complexity index is 403. The number of likely N-dealkylation sites (tertiary alicyclic amines) is 1. The number of nitrogens with zero attached hydrogens (tertiary/aromatic N) is 1. The smallest absolute Gasteiger partial charge is 0.164 e. The molecule has 2 fully saturated rings. The molecule has 1 aromatic carbocycles. The van der Waals surface area contributed by atoms with Crippen molar-refractivity contribution in [1.29, 1.82) is 0 Å². The summed E-state index contributed by atoms with van der Waals surface area (Å²) in [5, 5.41) is 0. The van der Waals surface area contributed by atoms with Crippen LogP contribution in [-0.2, 0) is 9.47 Å². The molecule has 2 heterocycles. The number of benzene rings is 1. The van der Waals surface area contributed by atoms with Crippen LogP contribution in [-0.4, -0.2) is 43.5 Å². The van der Waals surface area contributed by atoms with E-state index in [0.717, 1.165) is 13.2 Å². The summed E-state index contributed by atoms with van der Waals surface area (Å²) >= 11 is 0. The minimum absolute atomic E-state index is 0.0906. The zero-order valence-corrected chi connectivity index (χ0v) is 12.3. The molecular weight excluding hydrogens is 250 g/mol. The van der Waals surface area contributed by atoms with E-state index in [4.69, 9.17) is 9.47 Å². The van der Waals surface area contributed by atoms with Crippen molar-refractivity contribution in [3.05, 3.63) is 35.9 Å². The molecule has 0 radical (unpaired) electrons. The van der Waals surface area contributed by atoms with Crippen LogP contribution < -0.4 is 0 Å². The molecule has 1 aromatic rings. The first-order chi connectivity index (χ1) is 9.83. The fraction of sp³-hybridized carbons (Fsp3) is 0.647. The maximum Gasteiger partial charge on any atom is 0.164 e. The van der Waals surface area contributed by atoms with Crippen LogP contribution in [0.5, 0.6) is 0 Å². The minimum Gasteiger partial charge on any atom is -0.349 e. The summed E-state index contributed by atoms with van der Waals surface area (Å²) < 4.78 is 12.0. The monoisotopic (exact) mass is 275 g/mol. The molecule has 2 saturated heterocycles. The van der Waals surface area contributed by atoms with Gasteiger partial charge in [-0.25, -0.2) is 0 Å². The van der Waals surface area contributed by atoms with Crippen LogP contribution in [0.2, 0.25) is 0 Å². The van der Waals surface area contributed by atoms with E-state index >= 15 is 0 Å². The third-order valence-electron chi connectivity index (χ3n) is 4.42. The fourth-order valence-corrected chi connectivity index (χ4v) is 3.17. The molecule has 0 aliphatic carbocycles. The van der Waals surface area contributed by atoms with Gasteiger partial charge in [-0.05, 0) is 31.5 Å². The molecule has 2 aliphatic rings. The molecule has 2 aliphatic heterocycles. The topological polar surface area (TPSA) is 21.7 Å². The number of rotatable bonds is 4. The van der Waals surface area contributed by atoms with E-state index in [-0.39, 0.29) is 12.4 Å². The lowest BCUT2D eigenvalue weighted by atomic mass is 10.0. The molecule has 0 amide bonds. The van der Waals surface area contributed by atoms with Gasteiger partial charge in [0.25, 0.3) is 0 Å². The summed E-state index contributed by atoms with van der Waals surface area (Å²) in [6, 6.07) is 10.5. The minimum atomic E-state index is -0.0906. The van der Waals surface area contributed by atoms with Crippen molar-refractivity contribution in [1.82, 2.24) is 4.90 Å². The molecule has 3 atom stereocenters. The quantitative estimate of drug-likeness (QED) is 0.843. The van der Waals surface area contributed by atoms with Crippen molar-refractivity contribution in [3.63, 3.8) is 0 Å². The van der Waals surface area contributed by atoms with E-state index in [1.807, 2.05) is 6.07 Å². The Morgan fingerprint density at radius 2 is 1.90 bits per heavy atom. The third-order valence-corrected chi connectivity index (χ3v) is 4.42. The molecule has 0 saturated carbocycles. The van der Waals surface area contributed by atoms with Crippen molar-refractivity contribution in [2.45, 2.75) is 44.5 Å². The maximum atomic E-state index is 6.12. The normalized spacial score (nSPS) is 29.4. The largest absolute Gasteiger partial charge is 0.349 e. The molecule has 0 N–H and O–H groups in total. The fourth-order valence-electron chi connectivity index (χ4n) is 3.17. The van der Waals surface area contributed by atoms with Crippen molar-refractivity contribution in [3.8, 4) is 0 Å². The first kappa shape index (κ1) is 14.1. The maximum absolute atomic E-state index is 6.12. The van der Waals surface area contributed by atoms with Crippen LogP contribution in [0.4, 0.5) is 0 Å². The zero-order chi connectivity index (χ0) is 13.8. The standard InChI is InChI=1S/C17H25NO2/c1-14(15-8-4-2-5-9-15)17-19-13-16(20-17)12-18-10-6-3-7-11-18/h2,4-5,8-9,14,16-17H,3,6-7,10-13H2,1H3/t14-,16-,17+/m1/s1. The van der Waals surface area contributed by atoms with Gasteiger partial charge in [0.2, 0.25) is 0 Å². The second-order valence-electron chi connectivity index (χ2n) is 6.02. The van der Waals surface area contributed by atoms with Crippen LogP contribution in [0.25, 0.3) is 0 Å². The Morgan fingerprint density at radius 3 is 2.65 bits per heavy atom. The van der Waals surface area contributed by atoms with Gasteiger partial charge in [0.1, 0.15) is 0 Å². The van der Waals surface area contributed by atoms with Gasteiger partial charge in [-0.15, -0.1) is 0 Å². The second-order valence-corrected chi connectivity index (χ2v) is 6.02.